The van der Waals surface area contributed by atoms with Crippen molar-refractivity contribution in [2.45, 2.75) is 65.7 Å². The standard InChI is InChI=1S/C21H31NO3/c1-12-10-13-15-6-5-8-20(15,2)9-7-16(13)21(3)11-14(19(24)25)18(23)22(4)17(12)21/h13-16H,5-11H2,1-4H3,(H,24,25)/t13-,14?,15-,16+,20-,21+/m0/s1. The minimum atomic E-state index is -0.960. The first-order valence-corrected chi connectivity index (χ1v) is 9.89. The minimum Gasteiger partial charge on any atom is -0.481 e. The zero-order valence-electron chi connectivity index (χ0n) is 16.0. The van der Waals surface area contributed by atoms with E-state index < -0.39 is 11.9 Å². The Morgan fingerprint density at radius 2 is 1.92 bits per heavy atom. The summed E-state index contributed by atoms with van der Waals surface area (Å²) in [5.74, 6) is -0.142. The Kier molecular flexibility index (Phi) is 3.66. The van der Waals surface area contributed by atoms with Crippen LogP contribution in [0, 0.1) is 34.5 Å². The number of nitrogens with zero attached hydrogens (tertiary/aromatic N) is 1. The molecule has 0 spiro atoms. The Morgan fingerprint density at radius 1 is 1.20 bits per heavy atom. The summed E-state index contributed by atoms with van der Waals surface area (Å²) in [5.41, 5.74) is 2.76. The van der Waals surface area contributed by atoms with Crippen molar-refractivity contribution in [2.24, 2.45) is 34.5 Å². The van der Waals surface area contributed by atoms with Crippen LogP contribution < -0.4 is 0 Å². The molecule has 4 heteroatoms. The molecule has 138 valence electrons. The molecule has 0 bridgehead atoms. The Balaban J connectivity index is 1.79. The van der Waals surface area contributed by atoms with Gasteiger partial charge >= 0.3 is 5.97 Å². The van der Waals surface area contributed by atoms with Crippen LogP contribution in [0.2, 0.25) is 0 Å². The van der Waals surface area contributed by atoms with Gasteiger partial charge in [0.2, 0.25) is 5.91 Å². The topological polar surface area (TPSA) is 57.6 Å². The number of aliphatic carboxylic acids is 1. The van der Waals surface area contributed by atoms with Crippen molar-refractivity contribution in [3.05, 3.63) is 11.3 Å². The smallest absolute Gasteiger partial charge is 0.316 e. The van der Waals surface area contributed by atoms with Crippen molar-refractivity contribution in [1.29, 1.82) is 0 Å². The van der Waals surface area contributed by atoms with E-state index in [-0.39, 0.29) is 11.3 Å². The Hall–Kier alpha value is -1.32. The molecular weight excluding hydrogens is 314 g/mol. The van der Waals surface area contributed by atoms with E-state index in [0.717, 1.165) is 18.0 Å². The number of carboxylic acid groups (broad SMARTS) is 1. The molecule has 1 aliphatic heterocycles. The summed E-state index contributed by atoms with van der Waals surface area (Å²) in [4.78, 5) is 26.0. The highest BCUT2D eigenvalue weighted by Gasteiger charge is 2.60. The maximum atomic E-state index is 12.6. The van der Waals surface area contributed by atoms with Crippen molar-refractivity contribution in [3.8, 4) is 0 Å². The summed E-state index contributed by atoms with van der Waals surface area (Å²) in [6, 6.07) is 0. The molecule has 3 fully saturated rings. The molecule has 3 aliphatic carbocycles. The summed E-state index contributed by atoms with van der Waals surface area (Å²) in [7, 11) is 1.79. The van der Waals surface area contributed by atoms with E-state index >= 15 is 0 Å². The predicted molar refractivity (Wildman–Crippen MR) is 95.6 cm³/mol. The number of rotatable bonds is 1. The molecule has 0 radical (unpaired) electrons. The lowest BCUT2D eigenvalue weighted by molar-refractivity contribution is -0.158. The van der Waals surface area contributed by atoms with Gasteiger partial charge in [0.1, 0.15) is 5.92 Å². The third-order valence-corrected chi connectivity index (χ3v) is 8.41. The van der Waals surface area contributed by atoms with Crippen LogP contribution in [-0.4, -0.2) is 28.9 Å². The second kappa shape index (κ2) is 5.34. The van der Waals surface area contributed by atoms with Gasteiger partial charge in [-0.1, -0.05) is 25.8 Å². The van der Waals surface area contributed by atoms with Crippen LogP contribution in [0.3, 0.4) is 0 Å². The highest BCUT2D eigenvalue weighted by molar-refractivity contribution is 5.98. The van der Waals surface area contributed by atoms with Crippen LogP contribution in [0.25, 0.3) is 0 Å². The van der Waals surface area contributed by atoms with Gasteiger partial charge in [-0.15, -0.1) is 0 Å². The summed E-state index contributed by atoms with van der Waals surface area (Å²) in [5, 5.41) is 9.62. The molecule has 1 amide bonds. The third kappa shape index (κ3) is 2.18. The van der Waals surface area contributed by atoms with Crippen molar-refractivity contribution in [1.82, 2.24) is 4.90 Å². The maximum Gasteiger partial charge on any atom is 0.316 e. The lowest BCUT2D eigenvalue weighted by Crippen LogP contribution is -2.57. The maximum absolute atomic E-state index is 12.6. The van der Waals surface area contributed by atoms with E-state index in [9.17, 15) is 14.7 Å². The van der Waals surface area contributed by atoms with Gasteiger partial charge in [-0.25, -0.2) is 0 Å². The molecule has 0 aromatic rings. The Morgan fingerprint density at radius 3 is 2.60 bits per heavy atom. The molecular formula is C21H31NO3. The van der Waals surface area contributed by atoms with Crippen LogP contribution in [0.15, 0.2) is 11.3 Å². The molecule has 1 heterocycles. The molecule has 1 N–H and O–H groups in total. The van der Waals surface area contributed by atoms with Crippen molar-refractivity contribution in [2.75, 3.05) is 7.05 Å². The molecule has 1 saturated heterocycles. The highest BCUT2D eigenvalue weighted by Crippen LogP contribution is 2.65. The van der Waals surface area contributed by atoms with E-state index in [4.69, 9.17) is 0 Å². The van der Waals surface area contributed by atoms with Gasteiger partial charge in [-0.2, -0.15) is 0 Å². The first-order valence-electron chi connectivity index (χ1n) is 9.89. The zero-order chi connectivity index (χ0) is 18.1. The zero-order valence-corrected chi connectivity index (χ0v) is 16.0. The van der Waals surface area contributed by atoms with Crippen LogP contribution in [0.5, 0.6) is 0 Å². The SMILES string of the molecule is CC1=C2N(C)C(=O)C(C(=O)O)C[C@]2(C)[C@@H]2CC[C@]3(C)CCC[C@H]3[C@@H]2C1. The van der Waals surface area contributed by atoms with Crippen molar-refractivity contribution in [3.63, 3.8) is 0 Å². The fraction of sp³-hybridized carbons (Fsp3) is 0.810. The predicted octanol–water partition coefficient (Wildman–Crippen LogP) is 4.07. The number of likely N-dealkylation sites (tertiary alicyclic amines) is 1. The molecule has 2 saturated carbocycles. The lowest BCUT2D eigenvalue weighted by Gasteiger charge is -2.59. The number of piperidine rings is 1. The van der Waals surface area contributed by atoms with Crippen molar-refractivity contribution < 1.29 is 14.7 Å². The van der Waals surface area contributed by atoms with E-state index in [1.165, 1.54) is 37.7 Å². The molecule has 25 heavy (non-hydrogen) atoms. The normalized spacial score (nSPS) is 46.6. The first kappa shape index (κ1) is 17.1. The second-order valence-corrected chi connectivity index (χ2v) is 9.70. The minimum absolute atomic E-state index is 0.178. The number of hydrogen-bond donors (Lipinski definition) is 1. The number of carbonyl (C=O) groups excluding carboxylic acids is 1. The average molecular weight is 345 g/mol. The number of amides is 1. The molecule has 4 rings (SSSR count). The molecule has 0 aromatic carbocycles. The lowest BCUT2D eigenvalue weighted by atomic mass is 9.48. The van der Waals surface area contributed by atoms with E-state index in [0.29, 0.717) is 23.7 Å². The molecule has 6 atom stereocenters. The fourth-order valence-electron chi connectivity index (χ4n) is 7.44. The van der Waals surface area contributed by atoms with Gasteiger partial charge in [0.05, 0.1) is 0 Å². The Labute approximate surface area is 150 Å². The van der Waals surface area contributed by atoms with Crippen LogP contribution in [-0.2, 0) is 9.59 Å². The Bertz CT molecular complexity index is 668. The first-order chi connectivity index (χ1) is 11.7. The molecule has 4 aliphatic rings. The van der Waals surface area contributed by atoms with Gasteiger partial charge < -0.3 is 10.0 Å². The van der Waals surface area contributed by atoms with E-state index in [1.807, 2.05) is 0 Å². The second-order valence-electron chi connectivity index (χ2n) is 9.70. The van der Waals surface area contributed by atoms with E-state index in [2.05, 4.69) is 20.8 Å². The third-order valence-electron chi connectivity index (χ3n) is 8.41. The molecule has 4 nitrogen and oxygen atoms in total. The van der Waals surface area contributed by atoms with Crippen LogP contribution in [0.1, 0.15) is 65.7 Å². The number of carbonyl (C=O) groups is 2. The fourth-order valence-corrected chi connectivity index (χ4v) is 7.44. The number of hydrogen-bond acceptors (Lipinski definition) is 2. The average Bonchev–Trinajstić information content (AvgIpc) is 2.92. The van der Waals surface area contributed by atoms with Gasteiger partial charge in [-0.3, -0.25) is 9.59 Å². The number of fused-ring (bicyclic) bond motifs is 5. The van der Waals surface area contributed by atoms with Crippen LogP contribution in [0.4, 0.5) is 0 Å². The summed E-state index contributed by atoms with van der Waals surface area (Å²) in [6.45, 7) is 6.91. The van der Waals surface area contributed by atoms with Gasteiger partial charge in [0.25, 0.3) is 0 Å². The summed E-state index contributed by atoms with van der Waals surface area (Å²) >= 11 is 0. The van der Waals surface area contributed by atoms with Gasteiger partial charge in [0, 0.05) is 18.2 Å². The van der Waals surface area contributed by atoms with Gasteiger partial charge in [0.15, 0.2) is 0 Å². The van der Waals surface area contributed by atoms with Crippen LogP contribution >= 0.6 is 0 Å². The molecule has 1 unspecified atom stereocenters. The summed E-state index contributed by atoms with van der Waals surface area (Å²) < 4.78 is 0. The van der Waals surface area contributed by atoms with E-state index in [1.54, 1.807) is 11.9 Å². The largest absolute Gasteiger partial charge is 0.481 e. The highest BCUT2D eigenvalue weighted by atomic mass is 16.4. The number of allylic oxidation sites excluding steroid dienone is 2. The monoisotopic (exact) mass is 345 g/mol. The quantitative estimate of drug-likeness (QED) is 0.729. The van der Waals surface area contributed by atoms with Crippen molar-refractivity contribution >= 4 is 11.9 Å². The molecule has 0 aromatic heterocycles. The summed E-state index contributed by atoms with van der Waals surface area (Å²) in [6.07, 6.45) is 8.02. The number of carboxylic acids is 1. The van der Waals surface area contributed by atoms with Gasteiger partial charge in [-0.05, 0) is 68.6 Å².